The maximum Gasteiger partial charge on any atom is 0.167 e. The largest absolute Gasteiger partial charge is 0.455 e. The summed E-state index contributed by atoms with van der Waals surface area (Å²) in [4.78, 5) is 17.8. The van der Waals surface area contributed by atoms with E-state index in [2.05, 4.69) is 152 Å². The van der Waals surface area contributed by atoms with Crippen LogP contribution in [-0.2, 0) is 5.41 Å². The number of furan rings is 1. The molecule has 0 N–H and O–H groups in total. The fourth-order valence-electron chi connectivity index (χ4n) is 9.11. The second-order valence-corrected chi connectivity index (χ2v) is 15.8. The van der Waals surface area contributed by atoms with Crippen LogP contribution in [0.4, 0.5) is 0 Å². The summed E-state index contributed by atoms with van der Waals surface area (Å²) < 4.78 is 7.02. The minimum absolute atomic E-state index is 0.482. The van der Waals surface area contributed by atoms with Crippen molar-refractivity contribution in [1.29, 1.82) is 0 Å². The van der Waals surface area contributed by atoms with Crippen LogP contribution in [0.2, 0.25) is 0 Å². The third-order valence-corrected chi connectivity index (χ3v) is 12.8. The van der Waals surface area contributed by atoms with Gasteiger partial charge in [-0.1, -0.05) is 176 Å². The number of fused-ring (bicyclic) bond motifs is 12. The first kappa shape index (κ1) is 32.2. The van der Waals surface area contributed by atoms with Crippen LogP contribution in [0.25, 0.3) is 78.4 Å². The van der Waals surface area contributed by atoms with Gasteiger partial charge in [-0.05, 0) is 68.8 Å². The molecule has 0 bridgehead atoms. The van der Waals surface area contributed by atoms with E-state index in [4.69, 9.17) is 19.4 Å². The van der Waals surface area contributed by atoms with Crippen molar-refractivity contribution < 1.29 is 4.42 Å². The Balaban J connectivity index is 1.07. The van der Waals surface area contributed by atoms with Crippen molar-refractivity contribution in [2.75, 3.05) is 0 Å². The van der Waals surface area contributed by atoms with Gasteiger partial charge in [0.1, 0.15) is 11.2 Å². The maximum absolute atomic E-state index is 7.02. The van der Waals surface area contributed by atoms with E-state index in [1.54, 1.807) is 0 Å². The van der Waals surface area contributed by atoms with Crippen LogP contribution in [0, 0.1) is 0 Å². The predicted octanol–water partition coefficient (Wildman–Crippen LogP) is 13.3. The van der Waals surface area contributed by atoms with Gasteiger partial charge in [0.05, 0.1) is 11.0 Å². The highest BCUT2D eigenvalue weighted by Gasteiger charge is 2.50. The van der Waals surface area contributed by atoms with Gasteiger partial charge in [-0.2, -0.15) is 0 Å². The Morgan fingerprint density at radius 3 is 1.60 bits per heavy atom. The van der Waals surface area contributed by atoms with Gasteiger partial charge in [-0.3, -0.25) is 0 Å². The minimum atomic E-state index is -0.482. The van der Waals surface area contributed by atoms with Gasteiger partial charge in [0.15, 0.2) is 17.5 Å². The monoisotopic (exact) mass is 745 g/mol. The van der Waals surface area contributed by atoms with Gasteiger partial charge in [-0.15, -0.1) is 0 Å². The predicted molar refractivity (Wildman–Crippen MR) is 230 cm³/mol. The molecule has 0 saturated heterocycles. The van der Waals surface area contributed by atoms with Crippen LogP contribution < -0.4 is 0 Å². The molecule has 0 atom stereocenters. The smallest absolute Gasteiger partial charge is 0.167 e. The van der Waals surface area contributed by atoms with Crippen LogP contribution in [0.3, 0.4) is 0 Å². The number of nitrogens with zero attached hydrogens (tertiary/aromatic N) is 3. The fraction of sp³-hybridized carbons (Fsp3) is 0.0192. The van der Waals surface area contributed by atoms with Crippen LogP contribution in [0.1, 0.15) is 22.3 Å². The minimum Gasteiger partial charge on any atom is -0.455 e. The van der Waals surface area contributed by atoms with Crippen molar-refractivity contribution in [2.24, 2.45) is 0 Å². The van der Waals surface area contributed by atoms with Crippen LogP contribution in [-0.4, -0.2) is 15.0 Å². The number of hydrogen-bond acceptors (Lipinski definition) is 5. The molecule has 2 aromatic heterocycles. The SMILES string of the molecule is c1ccc(-c2ccc(-c3nc(-c4ccccc4)nc(-c4cccc5c4oc4cc6c(cc45)Sc4ccccc4C64c5ccccc5-c5ccccc54)n3)cc2)cc1. The molecule has 266 valence electrons. The van der Waals surface area contributed by atoms with E-state index in [9.17, 15) is 0 Å². The first-order valence-electron chi connectivity index (χ1n) is 19.2. The summed E-state index contributed by atoms with van der Waals surface area (Å²) in [5, 5.41) is 2.10. The third kappa shape index (κ3) is 4.79. The topological polar surface area (TPSA) is 51.8 Å². The third-order valence-electron chi connectivity index (χ3n) is 11.6. The van der Waals surface area contributed by atoms with Crippen molar-refractivity contribution in [3.63, 3.8) is 0 Å². The summed E-state index contributed by atoms with van der Waals surface area (Å²) in [6, 6.07) is 66.6. The number of rotatable bonds is 4. The standard InChI is InChI=1S/C52H31N3OS/c1-3-14-32(15-4-1)33-26-28-35(29-27-33)50-53-49(34-16-5-2-6-17-34)54-51(55-50)39-21-13-20-38-40-30-47-44(31-45(40)56-48(38)39)52(43-24-11-12-25-46(43)57-47)41-22-9-7-18-36(41)37-19-8-10-23-42(37)52/h1-31H. The van der Waals surface area contributed by atoms with Crippen LogP contribution >= 0.6 is 11.8 Å². The molecule has 1 aliphatic heterocycles. The molecular formula is C52H31N3OS. The molecule has 0 amide bonds. The van der Waals surface area contributed by atoms with Crippen molar-refractivity contribution in [3.8, 4) is 56.4 Å². The van der Waals surface area contributed by atoms with Crippen LogP contribution in [0.15, 0.2) is 202 Å². The first-order chi connectivity index (χ1) is 28.2. The highest BCUT2D eigenvalue weighted by Crippen LogP contribution is 2.62. The zero-order valence-electron chi connectivity index (χ0n) is 30.6. The Bertz CT molecular complexity index is 3160. The molecule has 8 aromatic carbocycles. The highest BCUT2D eigenvalue weighted by molar-refractivity contribution is 7.99. The van der Waals surface area contributed by atoms with E-state index in [1.165, 1.54) is 43.2 Å². The Morgan fingerprint density at radius 2 is 0.895 bits per heavy atom. The fourth-order valence-corrected chi connectivity index (χ4v) is 10.3. The number of para-hydroxylation sites is 1. The molecule has 0 fully saturated rings. The molecule has 4 nitrogen and oxygen atoms in total. The van der Waals surface area contributed by atoms with E-state index in [0.717, 1.165) is 49.8 Å². The molecule has 1 aliphatic carbocycles. The zero-order chi connectivity index (χ0) is 37.5. The summed E-state index contributed by atoms with van der Waals surface area (Å²) in [6.45, 7) is 0. The van der Waals surface area contributed by atoms with E-state index in [-0.39, 0.29) is 0 Å². The molecule has 2 aliphatic rings. The van der Waals surface area contributed by atoms with Crippen molar-refractivity contribution >= 4 is 33.7 Å². The number of hydrogen-bond donors (Lipinski definition) is 0. The second-order valence-electron chi connectivity index (χ2n) is 14.7. The molecule has 3 heterocycles. The quantitative estimate of drug-likeness (QED) is 0.180. The molecule has 0 radical (unpaired) electrons. The Kier molecular flexibility index (Phi) is 7.04. The van der Waals surface area contributed by atoms with Crippen molar-refractivity contribution in [3.05, 3.63) is 210 Å². The van der Waals surface area contributed by atoms with Gasteiger partial charge in [0.2, 0.25) is 0 Å². The lowest BCUT2D eigenvalue weighted by molar-refractivity contribution is 0.662. The van der Waals surface area contributed by atoms with Gasteiger partial charge < -0.3 is 4.42 Å². The van der Waals surface area contributed by atoms with E-state index in [1.807, 2.05) is 48.2 Å². The highest BCUT2D eigenvalue weighted by atomic mass is 32.2. The first-order valence-corrected chi connectivity index (χ1v) is 20.0. The Morgan fingerprint density at radius 1 is 0.368 bits per heavy atom. The molecule has 1 spiro atoms. The average molecular weight is 746 g/mol. The van der Waals surface area contributed by atoms with E-state index in [0.29, 0.717) is 17.5 Å². The summed E-state index contributed by atoms with van der Waals surface area (Å²) in [5.41, 5.74) is 13.8. The summed E-state index contributed by atoms with van der Waals surface area (Å²) >= 11 is 1.84. The molecule has 0 unspecified atom stereocenters. The maximum atomic E-state index is 7.02. The molecule has 12 rings (SSSR count). The van der Waals surface area contributed by atoms with Gasteiger partial charge in [0.25, 0.3) is 0 Å². The van der Waals surface area contributed by atoms with E-state index >= 15 is 0 Å². The van der Waals surface area contributed by atoms with Crippen molar-refractivity contribution in [1.82, 2.24) is 15.0 Å². The Labute approximate surface area is 333 Å². The molecular weight excluding hydrogens is 715 g/mol. The summed E-state index contributed by atoms with van der Waals surface area (Å²) in [5.74, 6) is 1.79. The lowest BCUT2D eigenvalue weighted by Crippen LogP contribution is -2.31. The van der Waals surface area contributed by atoms with Crippen molar-refractivity contribution in [2.45, 2.75) is 15.2 Å². The van der Waals surface area contributed by atoms with Gasteiger partial charge in [0, 0.05) is 31.7 Å². The number of aromatic nitrogens is 3. The van der Waals surface area contributed by atoms with E-state index < -0.39 is 5.41 Å². The van der Waals surface area contributed by atoms with Gasteiger partial charge >= 0.3 is 0 Å². The number of benzene rings is 8. The molecule has 0 saturated carbocycles. The normalized spacial score (nSPS) is 13.3. The summed E-state index contributed by atoms with van der Waals surface area (Å²) in [7, 11) is 0. The molecule has 10 aromatic rings. The average Bonchev–Trinajstić information content (AvgIpc) is 3.80. The summed E-state index contributed by atoms with van der Waals surface area (Å²) in [6.07, 6.45) is 0. The van der Waals surface area contributed by atoms with Gasteiger partial charge in [-0.25, -0.2) is 15.0 Å². The second kappa shape index (κ2) is 12.5. The lowest BCUT2D eigenvalue weighted by Gasteiger charge is -2.39. The molecule has 57 heavy (non-hydrogen) atoms. The molecule has 5 heteroatoms. The zero-order valence-corrected chi connectivity index (χ0v) is 31.4. The lowest BCUT2D eigenvalue weighted by atomic mass is 9.67. The Hall–Kier alpha value is -7.08. The van der Waals surface area contributed by atoms with Crippen LogP contribution in [0.5, 0.6) is 0 Å².